The van der Waals surface area contributed by atoms with E-state index in [2.05, 4.69) is 120 Å². The number of rotatable bonds is 13. The normalized spacial score (nSPS) is 12.7. The third kappa shape index (κ3) is 10.9. The topological polar surface area (TPSA) is 101 Å². The van der Waals surface area contributed by atoms with Crippen molar-refractivity contribution in [2.75, 3.05) is 0 Å². The first kappa shape index (κ1) is 48.8. The molecule has 0 heterocycles. The standard InChI is InChI=1S/C55H72O5S2/c1-31(2)38-27-36(25-35(6)49(38)58)17-18-37-28-44(57)40(30-46(37)61-45-29-39(52(7,8)9)43(56)26-34(45)5)54(13,14)19-20-55(15,16)42-22-33(4)24-48(51(42)60)62-47-23-32(3)21-41(50(47)59)53(10,11)12/h21-31,56-60H,17-20H2,1-16H3. The van der Waals surface area contributed by atoms with Crippen LogP contribution in [0.4, 0.5) is 0 Å². The Hall–Kier alpha value is -4.20. The van der Waals surface area contributed by atoms with Crippen molar-refractivity contribution in [3.8, 4) is 28.7 Å². The minimum atomic E-state index is -0.441. The molecular formula is C55H72O5S2. The second-order valence-electron chi connectivity index (χ2n) is 21.4. The maximum atomic E-state index is 11.9. The van der Waals surface area contributed by atoms with Gasteiger partial charge in [-0.25, -0.2) is 0 Å². The molecule has 0 radical (unpaired) electrons. The van der Waals surface area contributed by atoms with Gasteiger partial charge >= 0.3 is 0 Å². The Morgan fingerprint density at radius 1 is 0.452 bits per heavy atom. The van der Waals surface area contributed by atoms with E-state index in [0.717, 1.165) is 95.1 Å². The summed E-state index contributed by atoms with van der Waals surface area (Å²) in [6, 6.07) is 20.4. The molecule has 0 saturated carbocycles. The number of benzene rings is 5. The molecule has 5 nitrogen and oxygen atoms in total. The van der Waals surface area contributed by atoms with Gasteiger partial charge in [0.2, 0.25) is 0 Å². The minimum Gasteiger partial charge on any atom is -0.508 e. The quantitative estimate of drug-likeness (QED) is 0.0803. The molecule has 0 unspecified atom stereocenters. The van der Waals surface area contributed by atoms with Crippen LogP contribution in [0.3, 0.4) is 0 Å². The highest BCUT2D eigenvalue weighted by molar-refractivity contribution is 7.99. The fraction of sp³-hybridized carbons (Fsp3) is 0.455. The molecule has 0 bridgehead atoms. The average molecular weight is 877 g/mol. The fourth-order valence-electron chi connectivity index (χ4n) is 8.44. The van der Waals surface area contributed by atoms with E-state index >= 15 is 0 Å². The monoisotopic (exact) mass is 876 g/mol. The zero-order valence-corrected chi connectivity index (χ0v) is 41.9. The van der Waals surface area contributed by atoms with Gasteiger partial charge in [-0.2, -0.15) is 0 Å². The Kier molecular flexibility index (Phi) is 14.3. The SMILES string of the molecule is Cc1cc(Sc2cc(C)cc(C(C)(C)CCC(C)(C)c3cc(Sc4cc(C(C)(C)C)c(O)cc4C)c(CCc4cc(C)c(O)c(C(C)C)c4)cc3O)c2O)c(O)c(C(C)(C)C)c1. The maximum Gasteiger partial charge on any atom is 0.133 e. The lowest BCUT2D eigenvalue weighted by atomic mass is 9.72. The van der Waals surface area contributed by atoms with Gasteiger partial charge in [0, 0.05) is 32.0 Å². The first-order chi connectivity index (χ1) is 28.5. The minimum absolute atomic E-state index is 0.190. The van der Waals surface area contributed by atoms with Crippen molar-refractivity contribution in [2.45, 2.75) is 184 Å². The third-order valence-electron chi connectivity index (χ3n) is 12.5. The Balaban J connectivity index is 1.51. The van der Waals surface area contributed by atoms with Crippen molar-refractivity contribution in [3.63, 3.8) is 0 Å². The van der Waals surface area contributed by atoms with Crippen LogP contribution in [0.2, 0.25) is 0 Å². The van der Waals surface area contributed by atoms with Crippen LogP contribution in [0, 0.1) is 27.7 Å². The summed E-state index contributed by atoms with van der Waals surface area (Å²) in [6.45, 7) is 33.6. The van der Waals surface area contributed by atoms with Crippen LogP contribution in [-0.2, 0) is 34.5 Å². The van der Waals surface area contributed by atoms with Gasteiger partial charge in [0.15, 0.2) is 0 Å². The molecule has 7 heteroatoms. The summed E-state index contributed by atoms with van der Waals surface area (Å²) in [4.78, 5) is 3.56. The molecule has 0 aliphatic rings. The largest absolute Gasteiger partial charge is 0.508 e. The van der Waals surface area contributed by atoms with E-state index in [1.54, 1.807) is 11.8 Å². The number of aryl methyl sites for hydroxylation is 6. The predicted octanol–water partition coefficient (Wildman–Crippen LogP) is 15.3. The molecule has 5 aromatic carbocycles. The first-order valence-electron chi connectivity index (χ1n) is 22.1. The Morgan fingerprint density at radius 2 is 0.935 bits per heavy atom. The summed E-state index contributed by atoms with van der Waals surface area (Å²) in [5.74, 6) is 1.60. The molecule has 5 aromatic rings. The van der Waals surface area contributed by atoms with Gasteiger partial charge in [0.05, 0.1) is 9.79 Å². The van der Waals surface area contributed by atoms with Gasteiger partial charge in [-0.15, -0.1) is 0 Å². The molecule has 0 amide bonds. The second-order valence-corrected chi connectivity index (χ2v) is 23.6. The van der Waals surface area contributed by atoms with Crippen LogP contribution in [0.15, 0.2) is 80.2 Å². The van der Waals surface area contributed by atoms with E-state index in [9.17, 15) is 25.5 Å². The van der Waals surface area contributed by atoms with Crippen LogP contribution >= 0.6 is 23.5 Å². The first-order valence-corrected chi connectivity index (χ1v) is 23.7. The van der Waals surface area contributed by atoms with E-state index in [1.165, 1.54) is 11.8 Å². The maximum absolute atomic E-state index is 11.9. The molecule has 5 N–H and O–H groups in total. The zero-order chi connectivity index (χ0) is 46.4. The number of phenolic OH excluding ortho intramolecular Hbond substituents is 5. The van der Waals surface area contributed by atoms with Gasteiger partial charge in [0.25, 0.3) is 0 Å². The lowest BCUT2D eigenvalue weighted by Gasteiger charge is -2.34. The summed E-state index contributed by atoms with van der Waals surface area (Å²) < 4.78 is 0. The van der Waals surface area contributed by atoms with Gasteiger partial charge in [-0.1, -0.05) is 131 Å². The highest BCUT2D eigenvalue weighted by Gasteiger charge is 2.33. The molecule has 0 spiro atoms. The highest BCUT2D eigenvalue weighted by Crippen LogP contribution is 2.50. The van der Waals surface area contributed by atoms with E-state index in [1.807, 2.05) is 51.1 Å². The lowest BCUT2D eigenvalue weighted by molar-refractivity contribution is 0.348. The van der Waals surface area contributed by atoms with Gasteiger partial charge in [-0.05, 0) is 156 Å². The van der Waals surface area contributed by atoms with Crippen molar-refractivity contribution in [1.29, 1.82) is 0 Å². The smallest absolute Gasteiger partial charge is 0.133 e. The molecule has 334 valence electrons. The van der Waals surface area contributed by atoms with Gasteiger partial charge in [-0.3, -0.25) is 0 Å². The van der Waals surface area contributed by atoms with Crippen LogP contribution in [0.1, 0.15) is 163 Å². The van der Waals surface area contributed by atoms with Crippen LogP contribution in [-0.4, -0.2) is 25.5 Å². The summed E-state index contributed by atoms with van der Waals surface area (Å²) in [5, 5.41) is 57.0. The summed E-state index contributed by atoms with van der Waals surface area (Å²) in [5.41, 5.74) is 9.22. The predicted molar refractivity (Wildman–Crippen MR) is 262 cm³/mol. The number of hydrogen-bond donors (Lipinski definition) is 5. The molecule has 5 rings (SSSR count). The fourth-order valence-corrected chi connectivity index (χ4v) is 10.7. The molecule has 0 atom stereocenters. The van der Waals surface area contributed by atoms with Crippen LogP contribution in [0.5, 0.6) is 28.7 Å². The average Bonchev–Trinajstić information content (AvgIpc) is 3.14. The number of hydrogen-bond acceptors (Lipinski definition) is 7. The Labute approximate surface area is 381 Å². The van der Waals surface area contributed by atoms with E-state index in [0.29, 0.717) is 22.8 Å². The van der Waals surface area contributed by atoms with Crippen molar-refractivity contribution in [3.05, 3.63) is 122 Å². The molecular weight excluding hydrogens is 805 g/mol. The van der Waals surface area contributed by atoms with E-state index < -0.39 is 10.8 Å². The van der Waals surface area contributed by atoms with Crippen molar-refractivity contribution in [2.24, 2.45) is 0 Å². The third-order valence-corrected chi connectivity index (χ3v) is 14.8. The summed E-state index contributed by atoms with van der Waals surface area (Å²) >= 11 is 3.09. The van der Waals surface area contributed by atoms with Crippen molar-refractivity contribution >= 4 is 23.5 Å². The molecule has 0 fully saturated rings. The Morgan fingerprint density at radius 3 is 1.48 bits per heavy atom. The molecule has 0 saturated heterocycles. The van der Waals surface area contributed by atoms with E-state index in [-0.39, 0.29) is 34.0 Å². The van der Waals surface area contributed by atoms with Gasteiger partial charge < -0.3 is 25.5 Å². The summed E-state index contributed by atoms with van der Waals surface area (Å²) in [6.07, 6.45) is 2.91. The molecule has 0 aliphatic heterocycles. The van der Waals surface area contributed by atoms with Crippen molar-refractivity contribution < 1.29 is 25.5 Å². The summed E-state index contributed by atoms with van der Waals surface area (Å²) in [7, 11) is 0. The highest BCUT2D eigenvalue weighted by atomic mass is 32.2. The van der Waals surface area contributed by atoms with Crippen LogP contribution in [0.25, 0.3) is 0 Å². The zero-order valence-electron chi connectivity index (χ0n) is 40.2. The molecule has 62 heavy (non-hydrogen) atoms. The second kappa shape index (κ2) is 18.1. The number of phenols is 5. The lowest BCUT2D eigenvalue weighted by Crippen LogP contribution is -2.25. The molecule has 0 aliphatic carbocycles. The van der Waals surface area contributed by atoms with E-state index in [4.69, 9.17) is 0 Å². The number of aromatic hydroxyl groups is 5. The Bertz CT molecular complexity index is 2460. The molecule has 0 aromatic heterocycles. The van der Waals surface area contributed by atoms with Crippen molar-refractivity contribution in [1.82, 2.24) is 0 Å². The van der Waals surface area contributed by atoms with Crippen LogP contribution < -0.4 is 0 Å². The van der Waals surface area contributed by atoms with Gasteiger partial charge in [0.1, 0.15) is 28.7 Å².